The molecule has 1 amide bonds. The van der Waals surface area contributed by atoms with E-state index in [4.69, 9.17) is 4.74 Å². The quantitative estimate of drug-likeness (QED) is 0.940. The summed E-state index contributed by atoms with van der Waals surface area (Å²) < 4.78 is 5.24. The van der Waals surface area contributed by atoms with Crippen LogP contribution in [0.3, 0.4) is 0 Å². The summed E-state index contributed by atoms with van der Waals surface area (Å²) in [7, 11) is 1.65. The van der Waals surface area contributed by atoms with Crippen molar-refractivity contribution < 1.29 is 9.53 Å². The van der Waals surface area contributed by atoms with Gasteiger partial charge in [-0.05, 0) is 38.0 Å². The number of thiazole rings is 1. The minimum Gasteiger partial charge on any atom is -0.496 e. The van der Waals surface area contributed by atoms with Crippen LogP contribution in [0, 0.1) is 13.8 Å². The van der Waals surface area contributed by atoms with E-state index in [0.717, 1.165) is 21.9 Å². The van der Waals surface area contributed by atoms with E-state index in [2.05, 4.69) is 10.3 Å². The fourth-order valence-corrected chi connectivity index (χ4v) is 2.59. The molecular formula is C15H18N2O2S. The number of nitrogens with one attached hydrogen (secondary N) is 1. The molecule has 2 aromatic rings. The Kier molecular flexibility index (Phi) is 4.39. The van der Waals surface area contributed by atoms with E-state index < -0.39 is 0 Å². The predicted octanol–water partition coefficient (Wildman–Crippen LogP) is 3.26. The summed E-state index contributed by atoms with van der Waals surface area (Å²) >= 11 is 1.47. The van der Waals surface area contributed by atoms with Crippen molar-refractivity contribution in [3.05, 3.63) is 45.4 Å². The maximum absolute atomic E-state index is 12.1. The Hall–Kier alpha value is -1.88. The summed E-state index contributed by atoms with van der Waals surface area (Å²) in [6.45, 7) is 5.83. The average molecular weight is 290 g/mol. The van der Waals surface area contributed by atoms with Gasteiger partial charge in [0.15, 0.2) is 0 Å². The van der Waals surface area contributed by atoms with E-state index in [-0.39, 0.29) is 11.9 Å². The van der Waals surface area contributed by atoms with Crippen LogP contribution in [0.1, 0.15) is 39.6 Å². The zero-order chi connectivity index (χ0) is 14.7. The first-order chi connectivity index (χ1) is 9.51. The highest BCUT2D eigenvalue weighted by molar-refractivity contribution is 7.09. The number of ether oxygens (including phenoxy) is 1. The Morgan fingerprint density at radius 2 is 2.15 bits per heavy atom. The van der Waals surface area contributed by atoms with Crippen LogP contribution in [0.4, 0.5) is 0 Å². The van der Waals surface area contributed by atoms with Crippen LogP contribution < -0.4 is 10.1 Å². The largest absolute Gasteiger partial charge is 0.496 e. The lowest BCUT2D eigenvalue weighted by atomic mass is 10.0. The average Bonchev–Trinajstić information content (AvgIpc) is 2.85. The molecule has 0 aliphatic heterocycles. The van der Waals surface area contributed by atoms with E-state index >= 15 is 0 Å². The molecule has 0 unspecified atom stereocenters. The molecule has 0 saturated carbocycles. The number of methoxy groups -OCH3 is 1. The third-order valence-corrected chi connectivity index (χ3v) is 3.89. The second kappa shape index (κ2) is 6.05. The molecule has 20 heavy (non-hydrogen) atoms. The van der Waals surface area contributed by atoms with Crippen molar-refractivity contribution in [1.29, 1.82) is 0 Å². The Morgan fingerprint density at radius 1 is 1.40 bits per heavy atom. The SMILES string of the molecule is COc1ccc([C@@H](C)NC(=O)c2csc(C)n2)cc1C. The number of nitrogens with zero attached hydrogens (tertiary/aromatic N) is 1. The van der Waals surface area contributed by atoms with Gasteiger partial charge >= 0.3 is 0 Å². The highest BCUT2D eigenvalue weighted by Crippen LogP contribution is 2.22. The molecule has 5 heteroatoms. The van der Waals surface area contributed by atoms with Gasteiger partial charge in [0.2, 0.25) is 0 Å². The summed E-state index contributed by atoms with van der Waals surface area (Å²) in [4.78, 5) is 16.2. The lowest BCUT2D eigenvalue weighted by molar-refractivity contribution is 0.0935. The molecule has 1 heterocycles. The molecule has 0 spiro atoms. The zero-order valence-electron chi connectivity index (χ0n) is 12.1. The minimum absolute atomic E-state index is 0.0749. The van der Waals surface area contributed by atoms with Crippen LogP contribution in [0.5, 0.6) is 5.75 Å². The second-order valence-corrected chi connectivity index (χ2v) is 5.74. The van der Waals surface area contributed by atoms with Crippen LogP contribution in [0.25, 0.3) is 0 Å². The molecule has 1 N–H and O–H groups in total. The van der Waals surface area contributed by atoms with Gasteiger partial charge in [0.05, 0.1) is 18.2 Å². The van der Waals surface area contributed by atoms with Crippen molar-refractivity contribution in [2.24, 2.45) is 0 Å². The van der Waals surface area contributed by atoms with Gasteiger partial charge in [0, 0.05) is 5.38 Å². The molecule has 106 valence electrons. The molecule has 1 atom stereocenters. The number of hydrogen-bond donors (Lipinski definition) is 1. The number of hydrogen-bond acceptors (Lipinski definition) is 4. The molecular weight excluding hydrogens is 272 g/mol. The Labute approximate surface area is 122 Å². The predicted molar refractivity (Wildman–Crippen MR) is 80.5 cm³/mol. The van der Waals surface area contributed by atoms with Crippen LogP contribution in [-0.2, 0) is 0 Å². The Balaban J connectivity index is 2.10. The van der Waals surface area contributed by atoms with Gasteiger partial charge in [0.25, 0.3) is 5.91 Å². The van der Waals surface area contributed by atoms with Gasteiger partial charge in [-0.15, -0.1) is 11.3 Å². The highest BCUT2D eigenvalue weighted by Gasteiger charge is 2.14. The van der Waals surface area contributed by atoms with Gasteiger partial charge in [-0.25, -0.2) is 4.98 Å². The van der Waals surface area contributed by atoms with Gasteiger partial charge in [-0.2, -0.15) is 0 Å². The Morgan fingerprint density at radius 3 is 2.70 bits per heavy atom. The smallest absolute Gasteiger partial charge is 0.271 e. The van der Waals surface area contributed by atoms with Crippen molar-refractivity contribution in [2.45, 2.75) is 26.8 Å². The number of aromatic nitrogens is 1. The summed E-state index contributed by atoms with van der Waals surface area (Å²) in [5, 5.41) is 5.62. The maximum Gasteiger partial charge on any atom is 0.271 e. The van der Waals surface area contributed by atoms with Gasteiger partial charge in [-0.1, -0.05) is 12.1 Å². The first-order valence-corrected chi connectivity index (χ1v) is 7.26. The number of benzene rings is 1. The number of carbonyl (C=O) groups is 1. The fourth-order valence-electron chi connectivity index (χ4n) is 1.99. The van der Waals surface area contributed by atoms with Crippen molar-refractivity contribution in [1.82, 2.24) is 10.3 Å². The molecule has 2 rings (SSSR count). The summed E-state index contributed by atoms with van der Waals surface area (Å²) in [5.74, 6) is 0.706. The first-order valence-electron chi connectivity index (χ1n) is 6.38. The third-order valence-electron chi connectivity index (χ3n) is 3.12. The minimum atomic E-state index is -0.143. The zero-order valence-corrected chi connectivity index (χ0v) is 12.9. The fraction of sp³-hybridized carbons (Fsp3) is 0.333. The molecule has 0 bridgehead atoms. The van der Waals surface area contributed by atoms with Crippen LogP contribution in [0.2, 0.25) is 0 Å². The number of amides is 1. The molecule has 0 fully saturated rings. The van der Waals surface area contributed by atoms with E-state index in [1.807, 2.05) is 39.0 Å². The van der Waals surface area contributed by atoms with Crippen LogP contribution in [-0.4, -0.2) is 18.0 Å². The van der Waals surface area contributed by atoms with E-state index in [1.54, 1.807) is 12.5 Å². The second-order valence-electron chi connectivity index (χ2n) is 4.68. The number of carbonyl (C=O) groups excluding carboxylic acids is 1. The van der Waals surface area contributed by atoms with Gasteiger partial charge < -0.3 is 10.1 Å². The van der Waals surface area contributed by atoms with Gasteiger partial charge in [-0.3, -0.25) is 4.79 Å². The highest BCUT2D eigenvalue weighted by atomic mass is 32.1. The molecule has 4 nitrogen and oxygen atoms in total. The lowest BCUT2D eigenvalue weighted by Gasteiger charge is -2.15. The van der Waals surface area contributed by atoms with Crippen molar-refractivity contribution in [2.75, 3.05) is 7.11 Å². The van der Waals surface area contributed by atoms with Crippen molar-refractivity contribution in [3.63, 3.8) is 0 Å². The number of rotatable bonds is 4. The molecule has 1 aromatic heterocycles. The maximum atomic E-state index is 12.1. The van der Waals surface area contributed by atoms with Crippen LogP contribution in [0.15, 0.2) is 23.6 Å². The van der Waals surface area contributed by atoms with Crippen molar-refractivity contribution >= 4 is 17.2 Å². The van der Waals surface area contributed by atoms with E-state index in [9.17, 15) is 4.79 Å². The molecule has 0 radical (unpaired) electrons. The standard InChI is InChI=1S/C15H18N2O2S/c1-9-7-12(5-6-14(9)19-4)10(2)16-15(18)13-8-20-11(3)17-13/h5-8,10H,1-4H3,(H,16,18)/t10-/m1/s1. The first kappa shape index (κ1) is 14.5. The number of aryl methyl sites for hydroxylation is 2. The molecule has 0 saturated heterocycles. The van der Waals surface area contributed by atoms with Crippen molar-refractivity contribution in [3.8, 4) is 5.75 Å². The third kappa shape index (κ3) is 3.17. The van der Waals surface area contributed by atoms with E-state index in [1.165, 1.54) is 11.3 Å². The summed E-state index contributed by atoms with van der Waals surface area (Å²) in [6.07, 6.45) is 0. The normalized spacial score (nSPS) is 12.0. The summed E-state index contributed by atoms with van der Waals surface area (Å²) in [5.41, 5.74) is 2.57. The summed E-state index contributed by atoms with van der Waals surface area (Å²) in [6, 6.07) is 5.83. The Bertz CT molecular complexity index is 622. The monoisotopic (exact) mass is 290 g/mol. The molecule has 1 aromatic carbocycles. The van der Waals surface area contributed by atoms with Gasteiger partial charge in [0.1, 0.15) is 11.4 Å². The molecule has 0 aliphatic carbocycles. The topological polar surface area (TPSA) is 51.2 Å². The lowest BCUT2D eigenvalue weighted by Crippen LogP contribution is -2.27. The van der Waals surface area contributed by atoms with E-state index in [0.29, 0.717) is 5.69 Å². The molecule has 0 aliphatic rings. The van der Waals surface area contributed by atoms with Crippen LogP contribution >= 0.6 is 11.3 Å².